The number of carbonyl (C=O) groups excluding carboxylic acids is 1. The van der Waals surface area contributed by atoms with Crippen LogP contribution in [0.1, 0.15) is 35.1 Å². The summed E-state index contributed by atoms with van der Waals surface area (Å²) in [6.45, 7) is 4.36. The van der Waals surface area contributed by atoms with Crippen LogP contribution in [0.15, 0.2) is 48.5 Å². The molecule has 0 radical (unpaired) electrons. The fourth-order valence-corrected chi connectivity index (χ4v) is 7.06. The largest absolute Gasteiger partial charge is 0.334 e. The first kappa shape index (κ1) is 19.8. The van der Waals surface area contributed by atoms with Crippen LogP contribution in [0.25, 0.3) is 0 Å². The highest BCUT2D eigenvalue weighted by atomic mass is 32.2. The van der Waals surface area contributed by atoms with E-state index in [4.69, 9.17) is 0 Å². The SMILES string of the molecule is Cc1ccccc1CS(=O)(=O)N1CC[C@@H]2C[C@@H](C(=O)N3Cc4ccccc4C3)[C@@H]2C1. The molecule has 6 heteroatoms. The third kappa shape index (κ3) is 3.46. The normalized spacial score (nSPS) is 26.0. The first-order valence-electron chi connectivity index (χ1n) is 10.8. The van der Waals surface area contributed by atoms with E-state index in [1.165, 1.54) is 11.1 Å². The summed E-state index contributed by atoms with van der Waals surface area (Å²) in [6.07, 6.45) is 1.77. The van der Waals surface area contributed by atoms with Gasteiger partial charge in [-0.3, -0.25) is 4.79 Å². The highest BCUT2D eigenvalue weighted by Crippen LogP contribution is 2.47. The molecule has 0 bridgehead atoms. The Morgan fingerprint density at radius 1 is 1.03 bits per heavy atom. The van der Waals surface area contributed by atoms with Crippen molar-refractivity contribution in [2.45, 2.75) is 38.6 Å². The van der Waals surface area contributed by atoms with Crippen molar-refractivity contribution in [3.05, 3.63) is 70.8 Å². The van der Waals surface area contributed by atoms with Crippen molar-refractivity contribution in [1.82, 2.24) is 9.21 Å². The van der Waals surface area contributed by atoms with Crippen LogP contribution in [-0.4, -0.2) is 36.6 Å². The molecular formula is C24H28N2O3S. The van der Waals surface area contributed by atoms with E-state index in [0.29, 0.717) is 32.1 Å². The summed E-state index contributed by atoms with van der Waals surface area (Å²) >= 11 is 0. The zero-order chi connectivity index (χ0) is 20.9. The van der Waals surface area contributed by atoms with Gasteiger partial charge in [0.05, 0.1) is 5.75 Å². The number of piperidine rings is 1. The molecule has 0 unspecified atom stereocenters. The minimum Gasteiger partial charge on any atom is -0.334 e. The number of rotatable bonds is 4. The van der Waals surface area contributed by atoms with Gasteiger partial charge >= 0.3 is 0 Å². The second-order valence-corrected chi connectivity index (χ2v) is 11.0. The number of hydrogen-bond acceptors (Lipinski definition) is 3. The average molecular weight is 425 g/mol. The second kappa shape index (κ2) is 7.50. The molecule has 0 spiro atoms. The van der Waals surface area contributed by atoms with E-state index in [9.17, 15) is 13.2 Å². The molecule has 1 saturated carbocycles. The van der Waals surface area contributed by atoms with Crippen LogP contribution >= 0.6 is 0 Å². The summed E-state index contributed by atoms with van der Waals surface area (Å²) in [4.78, 5) is 15.2. The fraction of sp³-hybridized carbons (Fsp3) is 0.458. The molecule has 1 aliphatic carbocycles. The van der Waals surface area contributed by atoms with Gasteiger partial charge in [-0.1, -0.05) is 48.5 Å². The molecule has 2 aliphatic heterocycles. The van der Waals surface area contributed by atoms with E-state index < -0.39 is 10.0 Å². The van der Waals surface area contributed by atoms with Crippen molar-refractivity contribution in [3.8, 4) is 0 Å². The van der Waals surface area contributed by atoms with E-state index in [1.54, 1.807) is 4.31 Å². The van der Waals surface area contributed by atoms with E-state index in [1.807, 2.05) is 48.2 Å². The van der Waals surface area contributed by atoms with Crippen LogP contribution in [0.3, 0.4) is 0 Å². The topological polar surface area (TPSA) is 57.7 Å². The lowest BCUT2D eigenvalue weighted by molar-refractivity contribution is -0.147. The van der Waals surface area contributed by atoms with Crippen molar-refractivity contribution in [3.63, 3.8) is 0 Å². The zero-order valence-electron chi connectivity index (χ0n) is 17.3. The number of sulfonamides is 1. The number of amides is 1. The molecule has 158 valence electrons. The Bertz CT molecular complexity index is 1060. The second-order valence-electron chi connectivity index (χ2n) is 9.06. The molecule has 2 aromatic carbocycles. The van der Waals surface area contributed by atoms with Gasteiger partial charge in [0.15, 0.2) is 0 Å². The van der Waals surface area contributed by atoms with Crippen LogP contribution < -0.4 is 0 Å². The van der Waals surface area contributed by atoms with Crippen molar-refractivity contribution in [2.24, 2.45) is 17.8 Å². The summed E-state index contributed by atoms with van der Waals surface area (Å²) in [5.41, 5.74) is 4.32. The van der Waals surface area contributed by atoms with Gasteiger partial charge in [0.2, 0.25) is 15.9 Å². The lowest BCUT2D eigenvalue weighted by Gasteiger charge is -2.50. The third-order valence-corrected chi connectivity index (χ3v) is 9.10. The summed E-state index contributed by atoms with van der Waals surface area (Å²) in [5, 5.41) is 0. The van der Waals surface area contributed by atoms with Gasteiger partial charge in [-0.05, 0) is 53.9 Å². The van der Waals surface area contributed by atoms with Crippen LogP contribution in [-0.2, 0) is 33.7 Å². The predicted octanol–water partition coefficient (Wildman–Crippen LogP) is 3.33. The minimum atomic E-state index is -3.38. The molecule has 5 nitrogen and oxygen atoms in total. The van der Waals surface area contributed by atoms with Crippen molar-refractivity contribution in [2.75, 3.05) is 13.1 Å². The smallest absolute Gasteiger partial charge is 0.226 e. The molecule has 30 heavy (non-hydrogen) atoms. The summed E-state index contributed by atoms with van der Waals surface area (Å²) < 4.78 is 27.8. The lowest BCUT2D eigenvalue weighted by atomic mass is 9.61. The Balaban J connectivity index is 1.26. The summed E-state index contributed by atoms with van der Waals surface area (Å²) in [5.74, 6) is 0.832. The highest BCUT2D eigenvalue weighted by molar-refractivity contribution is 7.88. The molecule has 2 aromatic rings. The molecule has 1 amide bonds. The number of benzene rings is 2. The third-order valence-electron chi connectivity index (χ3n) is 7.30. The van der Waals surface area contributed by atoms with Gasteiger partial charge < -0.3 is 4.90 Å². The van der Waals surface area contributed by atoms with Crippen LogP contribution in [0, 0.1) is 24.7 Å². The first-order valence-corrected chi connectivity index (χ1v) is 12.4. The quantitative estimate of drug-likeness (QED) is 0.757. The first-order chi connectivity index (χ1) is 14.4. The van der Waals surface area contributed by atoms with Gasteiger partial charge in [-0.25, -0.2) is 12.7 Å². The number of carbonyl (C=O) groups is 1. The van der Waals surface area contributed by atoms with Gasteiger partial charge in [0, 0.05) is 32.1 Å². The number of nitrogens with zero attached hydrogens (tertiary/aromatic N) is 2. The number of aryl methyl sites for hydroxylation is 1. The van der Waals surface area contributed by atoms with E-state index >= 15 is 0 Å². The molecule has 3 aliphatic rings. The molecule has 2 fully saturated rings. The zero-order valence-corrected chi connectivity index (χ0v) is 18.1. The van der Waals surface area contributed by atoms with E-state index in [-0.39, 0.29) is 23.5 Å². The molecule has 0 N–H and O–H groups in total. The molecule has 3 atom stereocenters. The van der Waals surface area contributed by atoms with Crippen LogP contribution in [0.4, 0.5) is 0 Å². The Morgan fingerprint density at radius 2 is 1.70 bits per heavy atom. The predicted molar refractivity (Wildman–Crippen MR) is 116 cm³/mol. The average Bonchev–Trinajstić information content (AvgIpc) is 3.14. The van der Waals surface area contributed by atoms with E-state index in [0.717, 1.165) is 24.0 Å². The van der Waals surface area contributed by atoms with Gasteiger partial charge in [0.1, 0.15) is 0 Å². The fourth-order valence-electron chi connectivity index (χ4n) is 5.37. The van der Waals surface area contributed by atoms with Crippen LogP contribution in [0.2, 0.25) is 0 Å². The van der Waals surface area contributed by atoms with Crippen molar-refractivity contribution in [1.29, 1.82) is 0 Å². The van der Waals surface area contributed by atoms with Crippen LogP contribution in [0.5, 0.6) is 0 Å². The monoisotopic (exact) mass is 424 g/mol. The van der Waals surface area contributed by atoms with Crippen molar-refractivity contribution >= 4 is 15.9 Å². The summed E-state index contributed by atoms with van der Waals surface area (Å²) in [7, 11) is -3.38. The molecule has 1 saturated heterocycles. The maximum Gasteiger partial charge on any atom is 0.226 e. The van der Waals surface area contributed by atoms with Crippen molar-refractivity contribution < 1.29 is 13.2 Å². The lowest BCUT2D eigenvalue weighted by Crippen LogP contribution is -2.56. The van der Waals surface area contributed by atoms with Gasteiger partial charge in [-0.2, -0.15) is 0 Å². The Labute approximate surface area is 178 Å². The maximum absolute atomic E-state index is 13.2. The van der Waals surface area contributed by atoms with Gasteiger partial charge in [-0.15, -0.1) is 0 Å². The minimum absolute atomic E-state index is 0.0388. The Morgan fingerprint density at radius 3 is 2.40 bits per heavy atom. The summed E-state index contributed by atoms with van der Waals surface area (Å²) in [6, 6.07) is 15.9. The molecule has 0 aromatic heterocycles. The molecule has 2 heterocycles. The molecule has 5 rings (SSSR count). The number of hydrogen-bond donors (Lipinski definition) is 0. The highest BCUT2D eigenvalue weighted by Gasteiger charge is 2.50. The molecular weight excluding hydrogens is 396 g/mol. The standard InChI is InChI=1S/C24H28N2O3S/c1-17-6-2-3-9-21(17)16-30(28,29)26-11-10-18-12-22(23(18)15-26)24(27)25-13-19-7-4-5-8-20(19)14-25/h2-9,18,22-23H,10-16H2,1H3/t18-,22-,23-/m1/s1. The van der Waals surface area contributed by atoms with E-state index in [2.05, 4.69) is 12.1 Å². The maximum atomic E-state index is 13.2. The Kier molecular flexibility index (Phi) is 4.94. The van der Waals surface area contributed by atoms with Gasteiger partial charge in [0.25, 0.3) is 0 Å². The number of fused-ring (bicyclic) bond motifs is 2. The Hall–Kier alpha value is -2.18.